The fourth-order valence-corrected chi connectivity index (χ4v) is 3.87. The van der Waals surface area contributed by atoms with E-state index in [-0.39, 0.29) is 28.3 Å². The molecule has 0 bridgehead atoms. The molecule has 0 unspecified atom stereocenters. The number of hydrogen-bond acceptors (Lipinski definition) is 5. The fraction of sp³-hybridized carbons (Fsp3) is 0.0417. The summed E-state index contributed by atoms with van der Waals surface area (Å²) in [6.45, 7) is 0. The number of anilines is 2. The standard InChI is InChI=1S/C24H19N3O3S/c28-20(27(18-12-6-2-7-13-18)19-14-8-3-9-15-19)16-31-24-25-22(29)21(23(30)26-24)17-10-4-1-5-11-17/h1-15H,16H2,(H2,25,26,29,30). The Balaban J connectivity index is 1.56. The van der Waals surface area contributed by atoms with Gasteiger partial charge in [-0.1, -0.05) is 78.5 Å². The quantitative estimate of drug-likeness (QED) is 0.346. The summed E-state index contributed by atoms with van der Waals surface area (Å²) in [5.41, 5.74) is 1.69. The van der Waals surface area contributed by atoms with Crippen LogP contribution in [0.3, 0.4) is 0 Å². The molecule has 7 heteroatoms. The van der Waals surface area contributed by atoms with Crippen molar-refractivity contribution in [3.05, 3.63) is 101 Å². The Morgan fingerprint density at radius 1 is 0.871 bits per heavy atom. The number of aromatic amines is 1. The predicted molar refractivity (Wildman–Crippen MR) is 123 cm³/mol. The van der Waals surface area contributed by atoms with Crippen LogP contribution in [0.1, 0.15) is 0 Å². The van der Waals surface area contributed by atoms with E-state index >= 15 is 0 Å². The molecule has 1 amide bonds. The molecular weight excluding hydrogens is 410 g/mol. The van der Waals surface area contributed by atoms with Crippen LogP contribution in [0.25, 0.3) is 11.1 Å². The van der Waals surface area contributed by atoms with Crippen molar-refractivity contribution < 1.29 is 9.90 Å². The van der Waals surface area contributed by atoms with E-state index in [1.54, 1.807) is 29.2 Å². The number of H-pyrrole nitrogens is 1. The van der Waals surface area contributed by atoms with Crippen molar-refractivity contribution in [2.45, 2.75) is 5.16 Å². The van der Waals surface area contributed by atoms with Crippen molar-refractivity contribution in [2.24, 2.45) is 0 Å². The van der Waals surface area contributed by atoms with Gasteiger partial charge in [0.15, 0.2) is 5.16 Å². The number of amides is 1. The molecule has 1 aromatic heterocycles. The summed E-state index contributed by atoms with van der Waals surface area (Å²) in [5, 5.41) is 10.5. The molecule has 1 heterocycles. The van der Waals surface area contributed by atoms with Crippen molar-refractivity contribution in [1.29, 1.82) is 0 Å². The van der Waals surface area contributed by atoms with Gasteiger partial charge in [0.2, 0.25) is 11.8 Å². The first kappa shape index (κ1) is 20.4. The molecule has 0 atom stereocenters. The van der Waals surface area contributed by atoms with Crippen molar-refractivity contribution in [2.75, 3.05) is 10.7 Å². The van der Waals surface area contributed by atoms with Gasteiger partial charge in [-0.05, 0) is 29.8 Å². The van der Waals surface area contributed by atoms with E-state index in [9.17, 15) is 14.7 Å². The number of carbonyl (C=O) groups excluding carboxylic acids is 1. The first-order valence-corrected chi connectivity index (χ1v) is 10.6. The molecule has 0 aliphatic heterocycles. The maximum absolute atomic E-state index is 13.1. The van der Waals surface area contributed by atoms with Crippen molar-refractivity contribution in [1.82, 2.24) is 9.97 Å². The minimum absolute atomic E-state index is 0.0247. The van der Waals surface area contributed by atoms with Gasteiger partial charge >= 0.3 is 0 Å². The van der Waals surface area contributed by atoms with Gasteiger partial charge in [-0.25, -0.2) is 0 Å². The first-order chi connectivity index (χ1) is 15.1. The number of aromatic nitrogens is 2. The number of rotatable bonds is 6. The topological polar surface area (TPSA) is 86.3 Å². The molecule has 0 saturated carbocycles. The van der Waals surface area contributed by atoms with Crippen LogP contribution in [0.15, 0.2) is 101 Å². The number of benzene rings is 3. The highest BCUT2D eigenvalue weighted by atomic mass is 32.2. The van der Waals surface area contributed by atoms with Crippen LogP contribution < -0.4 is 10.5 Å². The second-order valence-electron chi connectivity index (χ2n) is 6.62. The Morgan fingerprint density at radius 2 is 1.39 bits per heavy atom. The maximum Gasteiger partial charge on any atom is 0.263 e. The lowest BCUT2D eigenvalue weighted by molar-refractivity contribution is -0.115. The average molecular weight is 430 g/mol. The van der Waals surface area contributed by atoms with Crippen LogP contribution in [-0.4, -0.2) is 26.7 Å². The van der Waals surface area contributed by atoms with Crippen LogP contribution in [0.2, 0.25) is 0 Å². The minimum Gasteiger partial charge on any atom is -0.493 e. The van der Waals surface area contributed by atoms with Gasteiger partial charge in [0.25, 0.3) is 5.56 Å². The van der Waals surface area contributed by atoms with Gasteiger partial charge in [-0.15, -0.1) is 0 Å². The SMILES string of the molecule is O=C(CSc1nc(O)c(-c2ccccc2)c(=O)[nH]1)N(c1ccccc1)c1ccccc1. The number of nitrogens with zero attached hydrogens (tertiary/aromatic N) is 2. The molecule has 0 aliphatic rings. The molecule has 3 aromatic carbocycles. The molecule has 6 nitrogen and oxygen atoms in total. The van der Waals surface area contributed by atoms with Crippen LogP contribution in [0.4, 0.5) is 11.4 Å². The monoisotopic (exact) mass is 429 g/mol. The zero-order valence-electron chi connectivity index (χ0n) is 16.4. The first-order valence-electron chi connectivity index (χ1n) is 9.58. The molecule has 2 N–H and O–H groups in total. The Kier molecular flexibility index (Phi) is 6.14. The van der Waals surface area contributed by atoms with Crippen molar-refractivity contribution >= 4 is 29.0 Å². The smallest absolute Gasteiger partial charge is 0.263 e. The molecule has 0 spiro atoms. The van der Waals surface area contributed by atoms with E-state index in [4.69, 9.17) is 0 Å². The number of nitrogens with one attached hydrogen (secondary N) is 1. The summed E-state index contributed by atoms with van der Waals surface area (Å²) in [6.07, 6.45) is 0. The average Bonchev–Trinajstić information content (AvgIpc) is 2.80. The number of para-hydroxylation sites is 2. The summed E-state index contributed by atoms with van der Waals surface area (Å²) in [6, 6.07) is 27.5. The summed E-state index contributed by atoms with van der Waals surface area (Å²) in [7, 11) is 0. The largest absolute Gasteiger partial charge is 0.493 e. The van der Waals surface area contributed by atoms with E-state index in [1.807, 2.05) is 66.7 Å². The number of thioether (sulfide) groups is 1. The molecule has 0 fully saturated rings. The molecular formula is C24H19N3O3S. The molecule has 154 valence electrons. The molecule has 0 aliphatic carbocycles. The summed E-state index contributed by atoms with van der Waals surface area (Å²) in [5.74, 6) is -0.527. The molecule has 0 saturated heterocycles. The predicted octanol–water partition coefficient (Wildman–Crippen LogP) is 4.60. The van der Waals surface area contributed by atoms with E-state index in [0.717, 1.165) is 23.1 Å². The number of hydrogen-bond donors (Lipinski definition) is 2. The Bertz CT molecular complexity index is 1190. The van der Waals surface area contributed by atoms with Gasteiger partial charge in [0, 0.05) is 11.4 Å². The highest BCUT2D eigenvalue weighted by Gasteiger charge is 2.19. The van der Waals surface area contributed by atoms with Gasteiger partial charge in [0.05, 0.1) is 5.75 Å². The number of aromatic hydroxyl groups is 1. The highest BCUT2D eigenvalue weighted by Crippen LogP contribution is 2.28. The summed E-state index contributed by atoms with van der Waals surface area (Å²) < 4.78 is 0. The molecule has 4 rings (SSSR count). The third-order valence-electron chi connectivity index (χ3n) is 4.55. The highest BCUT2D eigenvalue weighted by molar-refractivity contribution is 7.99. The van der Waals surface area contributed by atoms with Gasteiger partial charge < -0.3 is 10.1 Å². The Labute approximate surface area is 183 Å². The van der Waals surface area contributed by atoms with Crippen molar-refractivity contribution in [3.63, 3.8) is 0 Å². The zero-order chi connectivity index (χ0) is 21.6. The minimum atomic E-state index is -0.461. The molecule has 0 radical (unpaired) electrons. The van der Waals surface area contributed by atoms with Crippen LogP contribution in [0, 0.1) is 0 Å². The summed E-state index contributed by atoms with van der Waals surface area (Å²) in [4.78, 5) is 34.0. The Morgan fingerprint density at radius 3 is 1.90 bits per heavy atom. The van der Waals surface area contributed by atoms with E-state index in [0.29, 0.717) is 5.56 Å². The van der Waals surface area contributed by atoms with Crippen LogP contribution >= 0.6 is 11.8 Å². The second kappa shape index (κ2) is 9.32. The normalized spacial score (nSPS) is 10.6. The number of carbonyl (C=O) groups is 1. The van der Waals surface area contributed by atoms with Gasteiger partial charge in [-0.3, -0.25) is 14.5 Å². The molecule has 31 heavy (non-hydrogen) atoms. The van der Waals surface area contributed by atoms with Crippen molar-refractivity contribution in [3.8, 4) is 17.0 Å². The zero-order valence-corrected chi connectivity index (χ0v) is 17.3. The van der Waals surface area contributed by atoms with Gasteiger partial charge in [-0.2, -0.15) is 4.98 Å². The molecule has 4 aromatic rings. The van der Waals surface area contributed by atoms with Gasteiger partial charge in [0.1, 0.15) is 5.56 Å². The van der Waals surface area contributed by atoms with Crippen LogP contribution in [-0.2, 0) is 4.79 Å². The van der Waals surface area contributed by atoms with E-state index < -0.39 is 5.56 Å². The second-order valence-corrected chi connectivity index (χ2v) is 7.59. The fourth-order valence-electron chi connectivity index (χ4n) is 3.16. The van der Waals surface area contributed by atoms with E-state index in [2.05, 4.69) is 9.97 Å². The lowest BCUT2D eigenvalue weighted by Crippen LogP contribution is -2.27. The Hall–Kier alpha value is -3.84. The maximum atomic E-state index is 13.1. The lowest BCUT2D eigenvalue weighted by atomic mass is 10.1. The lowest BCUT2D eigenvalue weighted by Gasteiger charge is -2.22. The third kappa shape index (κ3) is 4.67. The van der Waals surface area contributed by atoms with Crippen LogP contribution in [0.5, 0.6) is 5.88 Å². The van der Waals surface area contributed by atoms with E-state index in [1.165, 1.54) is 0 Å². The summed E-state index contributed by atoms with van der Waals surface area (Å²) >= 11 is 1.06. The third-order valence-corrected chi connectivity index (χ3v) is 5.41.